The molecule has 0 unspecified atom stereocenters. The van der Waals surface area contributed by atoms with Gasteiger partial charge < -0.3 is 9.47 Å². The number of nitriles is 1. The molecule has 2 rings (SSSR count). The summed E-state index contributed by atoms with van der Waals surface area (Å²) in [5, 5.41) is 8.50. The van der Waals surface area contributed by atoms with Gasteiger partial charge in [0.2, 0.25) is 5.88 Å². The van der Waals surface area contributed by atoms with Crippen molar-refractivity contribution in [2.45, 2.75) is 6.61 Å². The van der Waals surface area contributed by atoms with Crippen LogP contribution in [-0.4, -0.2) is 4.98 Å². The number of hydrogen-bond donors (Lipinski definition) is 0. The van der Waals surface area contributed by atoms with Crippen LogP contribution in [0.3, 0.4) is 0 Å². The molecule has 0 radical (unpaired) electrons. The number of para-hydroxylation sites is 1. The molecule has 1 aromatic heterocycles. The Morgan fingerprint density at radius 3 is 2.71 bits per heavy atom. The first kappa shape index (κ1) is 11.0. The number of aromatic nitrogens is 1. The molecule has 0 aliphatic heterocycles. The maximum atomic E-state index is 8.50. The molecule has 0 aliphatic carbocycles. The minimum Gasteiger partial charge on any atom is -0.473 e. The Morgan fingerprint density at radius 2 is 1.94 bits per heavy atom. The van der Waals surface area contributed by atoms with Gasteiger partial charge in [0, 0.05) is 17.8 Å². The van der Waals surface area contributed by atoms with Gasteiger partial charge in [-0.1, -0.05) is 24.3 Å². The van der Waals surface area contributed by atoms with E-state index in [4.69, 9.17) is 14.7 Å². The molecule has 1 heterocycles. The molecule has 1 aromatic carbocycles. The van der Waals surface area contributed by atoms with Gasteiger partial charge in [-0.3, -0.25) is 0 Å². The maximum Gasteiger partial charge on any atom is 0.292 e. The average molecular weight is 226 g/mol. The number of benzene rings is 1. The number of pyridine rings is 1. The lowest BCUT2D eigenvalue weighted by Crippen LogP contribution is -1.99. The highest BCUT2D eigenvalue weighted by Gasteiger charge is 2.04. The van der Waals surface area contributed by atoms with Crippen molar-refractivity contribution in [2.24, 2.45) is 0 Å². The largest absolute Gasteiger partial charge is 0.473 e. The van der Waals surface area contributed by atoms with Gasteiger partial charge in [-0.25, -0.2) is 4.98 Å². The van der Waals surface area contributed by atoms with E-state index in [2.05, 4.69) is 4.98 Å². The van der Waals surface area contributed by atoms with E-state index in [0.29, 0.717) is 18.2 Å². The van der Waals surface area contributed by atoms with Crippen LogP contribution in [0.2, 0.25) is 0 Å². The van der Waals surface area contributed by atoms with Crippen LogP contribution in [0.15, 0.2) is 48.7 Å². The molecule has 84 valence electrons. The Labute approximate surface area is 99.1 Å². The summed E-state index contributed by atoms with van der Waals surface area (Å²) >= 11 is 0. The SMILES string of the molecule is N#COc1ccccc1COc1ccccn1. The van der Waals surface area contributed by atoms with Gasteiger partial charge in [0.25, 0.3) is 6.26 Å². The second kappa shape index (κ2) is 5.52. The van der Waals surface area contributed by atoms with Crippen molar-refractivity contribution in [3.05, 3.63) is 54.2 Å². The normalized spacial score (nSPS) is 9.35. The molecule has 4 heteroatoms. The number of ether oxygens (including phenoxy) is 2. The number of nitrogens with zero attached hydrogens (tertiary/aromatic N) is 2. The van der Waals surface area contributed by atoms with Gasteiger partial charge in [0.15, 0.2) is 0 Å². The van der Waals surface area contributed by atoms with Gasteiger partial charge in [0.1, 0.15) is 12.4 Å². The fourth-order valence-corrected chi connectivity index (χ4v) is 1.36. The Kier molecular flexibility index (Phi) is 3.56. The molecular weight excluding hydrogens is 216 g/mol. The quantitative estimate of drug-likeness (QED) is 0.751. The van der Waals surface area contributed by atoms with Gasteiger partial charge in [-0.2, -0.15) is 0 Å². The van der Waals surface area contributed by atoms with Crippen LogP contribution in [0.5, 0.6) is 11.6 Å². The molecule has 0 atom stereocenters. The van der Waals surface area contributed by atoms with Gasteiger partial charge >= 0.3 is 0 Å². The second-order valence-electron chi connectivity index (χ2n) is 3.26. The highest BCUT2D eigenvalue weighted by molar-refractivity contribution is 5.33. The van der Waals surface area contributed by atoms with Crippen LogP contribution in [-0.2, 0) is 6.61 Å². The van der Waals surface area contributed by atoms with Gasteiger partial charge in [-0.05, 0) is 12.1 Å². The third kappa shape index (κ3) is 2.95. The Morgan fingerprint density at radius 1 is 1.12 bits per heavy atom. The highest BCUT2D eigenvalue weighted by atomic mass is 16.5. The van der Waals surface area contributed by atoms with E-state index in [-0.39, 0.29) is 0 Å². The summed E-state index contributed by atoms with van der Waals surface area (Å²) in [5.41, 5.74) is 0.805. The zero-order valence-corrected chi connectivity index (χ0v) is 9.04. The predicted molar refractivity (Wildman–Crippen MR) is 61.3 cm³/mol. The molecule has 0 spiro atoms. The molecule has 2 aromatic rings. The fourth-order valence-electron chi connectivity index (χ4n) is 1.36. The van der Waals surface area contributed by atoms with E-state index in [1.165, 1.54) is 0 Å². The number of rotatable bonds is 4. The van der Waals surface area contributed by atoms with E-state index < -0.39 is 0 Å². The molecule has 4 nitrogen and oxygen atoms in total. The lowest BCUT2D eigenvalue weighted by molar-refractivity contribution is 0.289. The van der Waals surface area contributed by atoms with Crippen molar-refractivity contribution in [3.63, 3.8) is 0 Å². The van der Waals surface area contributed by atoms with Crippen LogP contribution in [0.25, 0.3) is 0 Å². The smallest absolute Gasteiger partial charge is 0.292 e. The zero-order chi connectivity index (χ0) is 11.9. The summed E-state index contributed by atoms with van der Waals surface area (Å²) in [5.74, 6) is 1.05. The van der Waals surface area contributed by atoms with Crippen LogP contribution in [0, 0.1) is 11.5 Å². The summed E-state index contributed by atoms with van der Waals surface area (Å²) in [4.78, 5) is 4.04. The molecule has 0 saturated heterocycles. The van der Waals surface area contributed by atoms with Crippen LogP contribution < -0.4 is 9.47 Å². The molecule has 0 bridgehead atoms. The zero-order valence-electron chi connectivity index (χ0n) is 9.04. The third-order valence-corrected chi connectivity index (χ3v) is 2.14. The topological polar surface area (TPSA) is 55.1 Å². The Balaban J connectivity index is 2.07. The summed E-state index contributed by atoms with van der Waals surface area (Å²) in [6.07, 6.45) is 3.31. The van der Waals surface area contributed by atoms with Gasteiger partial charge in [0.05, 0.1) is 0 Å². The molecule has 0 saturated carbocycles. The monoisotopic (exact) mass is 226 g/mol. The van der Waals surface area contributed by atoms with Crippen LogP contribution >= 0.6 is 0 Å². The van der Waals surface area contributed by atoms with E-state index in [0.717, 1.165) is 5.56 Å². The van der Waals surface area contributed by atoms with E-state index in [1.807, 2.05) is 24.3 Å². The molecule has 0 fully saturated rings. The van der Waals surface area contributed by atoms with E-state index in [9.17, 15) is 0 Å². The van der Waals surface area contributed by atoms with Gasteiger partial charge in [-0.15, -0.1) is 5.26 Å². The lowest BCUT2D eigenvalue weighted by atomic mass is 10.2. The standard InChI is InChI=1S/C13H10N2O2/c14-10-17-12-6-2-1-5-11(12)9-16-13-7-3-4-8-15-13/h1-8H,9H2. The van der Waals surface area contributed by atoms with Crippen LogP contribution in [0.4, 0.5) is 0 Å². The number of hydrogen-bond acceptors (Lipinski definition) is 4. The summed E-state index contributed by atoms with van der Waals surface area (Å²) in [7, 11) is 0. The van der Waals surface area contributed by atoms with Crippen molar-refractivity contribution in [3.8, 4) is 17.9 Å². The Bertz CT molecular complexity index is 520. The summed E-state index contributed by atoms with van der Waals surface area (Å²) < 4.78 is 10.3. The predicted octanol–water partition coefficient (Wildman–Crippen LogP) is 2.52. The molecule has 0 N–H and O–H groups in total. The highest BCUT2D eigenvalue weighted by Crippen LogP contribution is 2.19. The first-order chi connectivity index (χ1) is 8.40. The Hall–Kier alpha value is -2.54. The first-order valence-corrected chi connectivity index (χ1v) is 5.08. The molecule has 0 aliphatic rings. The van der Waals surface area contributed by atoms with Crippen molar-refractivity contribution in [1.82, 2.24) is 4.98 Å². The van der Waals surface area contributed by atoms with Crippen molar-refractivity contribution < 1.29 is 9.47 Å². The average Bonchev–Trinajstić information content (AvgIpc) is 2.39. The molecule has 0 amide bonds. The first-order valence-electron chi connectivity index (χ1n) is 5.08. The minimum absolute atomic E-state index is 0.314. The second-order valence-corrected chi connectivity index (χ2v) is 3.26. The van der Waals surface area contributed by atoms with Crippen LogP contribution in [0.1, 0.15) is 5.56 Å². The minimum atomic E-state index is 0.314. The van der Waals surface area contributed by atoms with Crippen molar-refractivity contribution >= 4 is 0 Å². The van der Waals surface area contributed by atoms with E-state index in [1.54, 1.807) is 30.7 Å². The third-order valence-electron chi connectivity index (χ3n) is 2.14. The molecular formula is C13H10N2O2. The fraction of sp³-hybridized carbons (Fsp3) is 0.0769. The summed E-state index contributed by atoms with van der Waals surface area (Å²) in [6.45, 7) is 0.314. The van der Waals surface area contributed by atoms with Crippen molar-refractivity contribution in [2.75, 3.05) is 0 Å². The molecule has 17 heavy (non-hydrogen) atoms. The maximum absolute atomic E-state index is 8.50. The van der Waals surface area contributed by atoms with E-state index >= 15 is 0 Å². The lowest BCUT2D eigenvalue weighted by Gasteiger charge is -2.07. The van der Waals surface area contributed by atoms with Crippen molar-refractivity contribution in [1.29, 1.82) is 5.26 Å². The summed E-state index contributed by atoms with van der Waals surface area (Å²) in [6, 6.07) is 12.7.